The molecule has 4 aliphatic rings. The molecule has 0 unspecified atom stereocenters. The maximum Gasteiger partial charge on any atom is 0.338 e. The van der Waals surface area contributed by atoms with Gasteiger partial charge in [-0.2, -0.15) is 0 Å². The topological polar surface area (TPSA) is 87.5 Å². The van der Waals surface area contributed by atoms with Gasteiger partial charge in [-0.15, -0.1) is 0 Å². The molecule has 12 heteroatoms. The maximum atomic E-state index is 15.0. The molecule has 2 saturated heterocycles. The molecule has 0 amide bonds. The van der Waals surface area contributed by atoms with Crippen molar-refractivity contribution < 1.29 is 32.9 Å². The zero-order valence-corrected chi connectivity index (χ0v) is 27.3. The molecule has 47 heavy (non-hydrogen) atoms. The van der Waals surface area contributed by atoms with E-state index >= 15 is 0 Å². The van der Waals surface area contributed by atoms with Gasteiger partial charge in [0.25, 0.3) is 5.79 Å². The van der Waals surface area contributed by atoms with Crippen LogP contribution in [0.25, 0.3) is 11.0 Å². The van der Waals surface area contributed by atoms with E-state index in [9.17, 15) is 9.18 Å². The Kier molecular flexibility index (Phi) is 7.46. The zero-order valence-electron chi connectivity index (χ0n) is 26.5. The highest BCUT2D eigenvalue weighted by Gasteiger charge is 2.47. The van der Waals surface area contributed by atoms with Gasteiger partial charge < -0.3 is 33.2 Å². The fourth-order valence-electron chi connectivity index (χ4n) is 7.39. The number of carbonyl (C=O) groups is 1. The zero-order chi connectivity index (χ0) is 32.4. The first-order valence-corrected chi connectivity index (χ1v) is 16.4. The van der Waals surface area contributed by atoms with Crippen LogP contribution in [-0.4, -0.2) is 72.5 Å². The lowest BCUT2D eigenvalue weighted by Gasteiger charge is -2.54. The number of hydrogen-bond donors (Lipinski definition) is 0. The Labute approximate surface area is 276 Å². The number of nitrogens with zero attached hydrogens (tertiary/aromatic N) is 4. The number of rotatable bonds is 8. The highest BCUT2D eigenvalue weighted by Crippen LogP contribution is 2.51. The maximum absolute atomic E-state index is 15.0. The summed E-state index contributed by atoms with van der Waals surface area (Å²) in [5.74, 6) is 0.446. The minimum absolute atomic E-state index is 0.0988. The number of anilines is 1. The molecular formula is C35H36ClFN4O6. The van der Waals surface area contributed by atoms with E-state index in [1.807, 2.05) is 18.2 Å². The highest BCUT2D eigenvalue weighted by molar-refractivity contribution is 6.30. The molecule has 10 nitrogen and oxygen atoms in total. The number of ether oxygens (including phenoxy) is 5. The molecule has 0 N–H and O–H groups in total. The third-order valence-corrected chi connectivity index (χ3v) is 10.3. The van der Waals surface area contributed by atoms with Crippen LogP contribution in [0.2, 0.25) is 5.02 Å². The van der Waals surface area contributed by atoms with Gasteiger partial charge in [-0.05, 0) is 61.7 Å². The Balaban J connectivity index is 1.07. The van der Waals surface area contributed by atoms with Gasteiger partial charge in [0.05, 0.1) is 55.7 Å². The summed E-state index contributed by atoms with van der Waals surface area (Å²) in [6.45, 7) is 5.36. The van der Waals surface area contributed by atoms with Crippen molar-refractivity contribution in [3.63, 3.8) is 0 Å². The second-order valence-electron chi connectivity index (χ2n) is 12.7. The van der Waals surface area contributed by atoms with Gasteiger partial charge in [-0.3, -0.25) is 4.90 Å². The van der Waals surface area contributed by atoms with Gasteiger partial charge in [0.15, 0.2) is 11.5 Å². The van der Waals surface area contributed by atoms with Crippen LogP contribution in [0, 0.1) is 5.82 Å². The molecule has 1 saturated carbocycles. The normalized spacial score (nSPS) is 24.9. The summed E-state index contributed by atoms with van der Waals surface area (Å²) in [6, 6.07) is 14.5. The molecule has 4 atom stereocenters. The Bertz CT molecular complexity index is 1880. The molecule has 246 valence electrons. The SMILES string of the molecule is COC(=O)c1cc(OC)c2nc(CN3CCN(c4cccc5c4O[C@](C)(c4ccc(Cl)cc4F)O5)[C@H]4CC[C@H]43)n(C[C@@H]3CCO3)c2c1. The molecule has 4 heterocycles. The van der Waals surface area contributed by atoms with E-state index in [2.05, 4.69) is 20.4 Å². The summed E-state index contributed by atoms with van der Waals surface area (Å²) in [5.41, 5.74) is 3.21. The quantitative estimate of drug-likeness (QED) is 0.214. The second kappa shape index (κ2) is 11.6. The van der Waals surface area contributed by atoms with Crippen LogP contribution in [0.1, 0.15) is 47.9 Å². The summed E-state index contributed by atoms with van der Waals surface area (Å²) in [4.78, 5) is 22.5. The Morgan fingerprint density at radius 3 is 2.62 bits per heavy atom. The molecule has 1 aromatic heterocycles. The first kappa shape index (κ1) is 30.3. The number of esters is 1. The number of imidazole rings is 1. The summed E-state index contributed by atoms with van der Waals surface area (Å²) in [5, 5.41) is 0.317. The van der Waals surface area contributed by atoms with E-state index in [4.69, 9.17) is 40.3 Å². The van der Waals surface area contributed by atoms with Crippen LogP contribution < -0.4 is 19.1 Å². The Morgan fingerprint density at radius 2 is 1.91 bits per heavy atom. The number of hydrogen-bond acceptors (Lipinski definition) is 9. The average Bonchev–Trinajstić information content (AvgIpc) is 3.55. The largest absolute Gasteiger partial charge is 0.494 e. The van der Waals surface area contributed by atoms with Crippen LogP contribution in [-0.2, 0) is 28.4 Å². The van der Waals surface area contributed by atoms with Gasteiger partial charge >= 0.3 is 5.97 Å². The third-order valence-electron chi connectivity index (χ3n) is 10.1. The molecular weight excluding hydrogens is 627 g/mol. The molecule has 4 aromatic rings. The van der Waals surface area contributed by atoms with E-state index in [1.54, 1.807) is 32.2 Å². The van der Waals surface area contributed by atoms with Crippen molar-refractivity contribution in [2.45, 2.75) is 63.3 Å². The summed E-state index contributed by atoms with van der Waals surface area (Å²) in [7, 11) is 2.96. The van der Waals surface area contributed by atoms with Crippen LogP contribution in [0.4, 0.5) is 10.1 Å². The van der Waals surface area contributed by atoms with Gasteiger partial charge in [0, 0.05) is 43.7 Å². The van der Waals surface area contributed by atoms with E-state index in [1.165, 1.54) is 13.2 Å². The second-order valence-corrected chi connectivity index (χ2v) is 13.1. The molecule has 3 aliphatic heterocycles. The van der Waals surface area contributed by atoms with Gasteiger partial charge in [0.2, 0.25) is 0 Å². The van der Waals surface area contributed by atoms with E-state index in [0.717, 1.165) is 61.5 Å². The van der Waals surface area contributed by atoms with Crippen molar-refractivity contribution in [3.8, 4) is 17.2 Å². The van der Waals surface area contributed by atoms with Crippen LogP contribution in [0.3, 0.4) is 0 Å². The highest BCUT2D eigenvalue weighted by atomic mass is 35.5. The molecule has 3 aromatic carbocycles. The number of methoxy groups -OCH3 is 2. The lowest BCUT2D eigenvalue weighted by atomic mass is 9.81. The van der Waals surface area contributed by atoms with Crippen LogP contribution in [0.5, 0.6) is 17.2 Å². The van der Waals surface area contributed by atoms with E-state index in [0.29, 0.717) is 52.5 Å². The average molecular weight is 663 g/mol. The van der Waals surface area contributed by atoms with Crippen molar-refractivity contribution in [2.24, 2.45) is 0 Å². The lowest BCUT2D eigenvalue weighted by molar-refractivity contribution is -0.0706. The minimum Gasteiger partial charge on any atom is -0.494 e. The van der Waals surface area contributed by atoms with Crippen molar-refractivity contribution in [1.29, 1.82) is 0 Å². The minimum atomic E-state index is -1.31. The summed E-state index contributed by atoms with van der Waals surface area (Å²) >= 11 is 6.02. The summed E-state index contributed by atoms with van der Waals surface area (Å²) in [6.07, 6.45) is 3.18. The fourth-order valence-corrected chi connectivity index (χ4v) is 7.55. The number of fused-ring (bicyclic) bond motifs is 3. The van der Waals surface area contributed by atoms with Crippen molar-refractivity contribution in [2.75, 3.05) is 38.8 Å². The number of benzene rings is 3. The Hall–Kier alpha value is -4.06. The van der Waals surface area contributed by atoms with Gasteiger partial charge in [-0.25, -0.2) is 14.2 Å². The number of carbonyl (C=O) groups excluding carboxylic acids is 1. The smallest absolute Gasteiger partial charge is 0.338 e. The monoisotopic (exact) mass is 662 g/mol. The first-order chi connectivity index (χ1) is 22.8. The van der Waals surface area contributed by atoms with Crippen LogP contribution in [0.15, 0.2) is 48.5 Å². The van der Waals surface area contributed by atoms with Crippen LogP contribution >= 0.6 is 11.6 Å². The molecule has 1 aliphatic carbocycles. The lowest BCUT2D eigenvalue weighted by Crippen LogP contribution is -2.64. The molecule has 0 spiro atoms. The number of para-hydroxylation sites is 1. The summed E-state index contributed by atoms with van der Waals surface area (Å²) < 4.78 is 46.4. The van der Waals surface area contributed by atoms with Crippen molar-refractivity contribution >= 4 is 34.3 Å². The Morgan fingerprint density at radius 1 is 1.09 bits per heavy atom. The predicted molar refractivity (Wildman–Crippen MR) is 173 cm³/mol. The van der Waals surface area contributed by atoms with Crippen molar-refractivity contribution in [1.82, 2.24) is 14.5 Å². The van der Waals surface area contributed by atoms with E-state index < -0.39 is 17.6 Å². The molecule has 3 fully saturated rings. The molecule has 0 radical (unpaired) electrons. The molecule has 8 rings (SSSR count). The first-order valence-electron chi connectivity index (χ1n) is 16.0. The standard InChI is InChI=1S/C35H36ClFN4O6/c1-35(23-8-7-21(36)17-24(23)37)46-29-6-4-5-27(33(29)47-35)40-13-12-39(25-9-10-26(25)40)19-31-38-32-28(41(31)18-22-11-14-45-22)15-20(34(42)44-3)16-30(32)43-2/h4-8,15-17,22,25-26H,9-14,18-19H2,1-3H3/t22-,25+,26-,35+/m0/s1. The van der Waals surface area contributed by atoms with Gasteiger partial charge in [-0.1, -0.05) is 17.7 Å². The number of piperazine rings is 1. The van der Waals surface area contributed by atoms with Crippen molar-refractivity contribution in [3.05, 3.63) is 76.3 Å². The number of aromatic nitrogens is 2. The predicted octanol–water partition coefficient (Wildman–Crippen LogP) is 5.91. The third kappa shape index (κ3) is 5.06. The van der Waals surface area contributed by atoms with E-state index in [-0.39, 0.29) is 12.1 Å². The van der Waals surface area contributed by atoms with Gasteiger partial charge in [0.1, 0.15) is 22.9 Å². The number of halogens is 2. The molecule has 0 bridgehead atoms. The fraction of sp³-hybridized carbons (Fsp3) is 0.429.